The zero-order valence-electron chi connectivity index (χ0n) is 16.1. The normalized spacial score (nSPS) is 12.2. The third-order valence-electron chi connectivity index (χ3n) is 3.79. The van der Waals surface area contributed by atoms with Crippen LogP contribution in [0.25, 0.3) is 0 Å². The van der Waals surface area contributed by atoms with Crippen molar-refractivity contribution in [1.82, 2.24) is 15.3 Å². The number of anilines is 1. The predicted molar refractivity (Wildman–Crippen MR) is 99.6 cm³/mol. The Balaban J connectivity index is 2.04. The van der Waals surface area contributed by atoms with Gasteiger partial charge in [0, 0.05) is 12.1 Å². The molecule has 1 unspecified atom stereocenters. The second-order valence-corrected chi connectivity index (χ2v) is 6.29. The van der Waals surface area contributed by atoms with E-state index in [1.165, 1.54) is 18.2 Å². The number of carbonyl (C=O) groups excluding carboxylic acids is 2. The summed E-state index contributed by atoms with van der Waals surface area (Å²) in [5.41, 5.74) is 1.26. The topological polar surface area (TPSA) is 93.2 Å². The molecule has 1 heterocycles. The Morgan fingerprint density at radius 2 is 1.83 bits per heavy atom. The summed E-state index contributed by atoms with van der Waals surface area (Å²) in [7, 11) is 0. The number of rotatable bonds is 7. The predicted octanol–water partition coefficient (Wildman–Crippen LogP) is 3.57. The summed E-state index contributed by atoms with van der Waals surface area (Å²) >= 11 is 0. The van der Waals surface area contributed by atoms with Crippen molar-refractivity contribution in [2.45, 2.75) is 39.4 Å². The Hall–Kier alpha value is -3.17. The minimum Gasteiger partial charge on any atom is -0.484 e. The van der Waals surface area contributed by atoms with Gasteiger partial charge in [-0.3, -0.25) is 14.9 Å². The molecule has 2 rings (SSSR count). The standard InChI is InChI=1S/C19H21F3N4O3/c1-4-16(27)26-18-23-11(2)9-15(25-18)17(28)24-12(3)13-5-7-14(8-6-13)29-10-19(20,21)22/h5-9,12H,4,10H2,1-3H3,(H,24,28)(H,23,25,26,27). The van der Waals surface area contributed by atoms with Crippen molar-refractivity contribution in [2.24, 2.45) is 0 Å². The molecule has 0 bridgehead atoms. The molecule has 1 aromatic heterocycles. The molecule has 10 heteroatoms. The van der Waals surface area contributed by atoms with Gasteiger partial charge in [-0.2, -0.15) is 13.2 Å². The lowest BCUT2D eigenvalue weighted by molar-refractivity contribution is -0.153. The van der Waals surface area contributed by atoms with Crippen LogP contribution in [0.1, 0.15) is 48.1 Å². The van der Waals surface area contributed by atoms with E-state index >= 15 is 0 Å². The molecular formula is C19H21F3N4O3. The van der Waals surface area contributed by atoms with Crippen molar-refractivity contribution < 1.29 is 27.5 Å². The van der Waals surface area contributed by atoms with Crippen LogP contribution in [0.2, 0.25) is 0 Å². The third-order valence-corrected chi connectivity index (χ3v) is 3.79. The molecule has 0 aliphatic carbocycles. The molecule has 2 aromatic rings. The number of nitrogens with one attached hydrogen (secondary N) is 2. The fraction of sp³-hybridized carbons (Fsp3) is 0.368. The van der Waals surface area contributed by atoms with Crippen molar-refractivity contribution >= 4 is 17.8 Å². The van der Waals surface area contributed by atoms with E-state index in [9.17, 15) is 22.8 Å². The smallest absolute Gasteiger partial charge is 0.422 e. The van der Waals surface area contributed by atoms with Crippen LogP contribution in [0.3, 0.4) is 0 Å². The monoisotopic (exact) mass is 410 g/mol. The summed E-state index contributed by atoms with van der Waals surface area (Å²) in [6, 6.07) is 6.97. The van der Waals surface area contributed by atoms with Crippen molar-refractivity contribution in [2.75, 3.05) is 11.9 Å². The molecule has 0 spiro atoms. The van der Waals surface area contributed by atoms with Gasteiger partial charge in [-0.15, -0.1) is 0 Å². The molecule has 1 atom stereocenters. The lowest BCUT2D eigenvalue weighted by atomic mass is 10.1. The van der Waals surface area contributed by atoms with E-state index in [-0.39, 0.29) is 29.7 Å². The highest BCUT2D eigenvalue weighted by Gasteiger charge is 2.28. The second-order valence-electron chi connectivity index (χ2n) is 6.29. The molecule has 0 saturated heterocycles. The van der Waals surface area contributed by atoms with Gasteiger partial charge in [0.25, 0.3) is 5.91 Å². The molecule has 0 aliphatic heterocycles. The van der Waals surface area contributed by atoms with E-state index in [0.29, 0.717) is 11.3 Å². The van der Waals surface area contributed by atoms with Crippen LogP contribution >= 0.6 is 0 Å². The number of ether oxygens (including phenoxy) is 1. The zero-order valence-corrected chi connectivity index (χ0v) is 16.1. The molecule has 29 heavy (non-hydrogen) atoms. The van der Waals surface area contributed by atoms with E-state index in [4.69, 9.17) is 0 Å². The first kappa shape index (κ1) is 22.1. The number of aryl methyl sites for hydroxylation is 1. The number of benzene rings is 1. The highest BCUT2D eigenvalue weighted by atomic mass is 19.4. The highest BCUT2D eigenvalue weighted by molar-refractivity contribution is 5.94. The first-order chi connectivity index (χ1) is 13.6. The highest BCUT2D eigenvalue weighted by Crippen LogP contribution is 2.21. The van der Waals surface area contributed by atoms with Gasteiger partial charge >= 0.3 is 6.18 Å². The number of carbonyl (C=O) groups is 2. The molecule has 0 fully saturated rings. The van der Waals surface area contributed by atoms with E-state index in [2.05, 4.69) is 25.3 Å². The Kier molecular flexibility index (Phi) is 7.13. The van der Waals surface area contributed by atoms with E-state index < -0.39 is 24.7 Å². The lowest BCUT2D eigenvalue weighted by Gasteiger charge is -2.15. The van der Waals surface area contributed by atoms with E-state index in [1.807, 2.05) is 0 Å². The van der Waals surface area contributed by atoms with Crippen molar-refractivity contribution in [3.8, 4) is 5.75 Å². The van der Waals surface area contributed by atoms with Gasteiger partial charge in [0.2, 0.25) is 11.9 Å². The number of amides is 2. The lowest BCUT2D eigenvalue weighted by Crippen LogP contribution is -2.28. The number of alkyl halides is 3. The summed E-state index contributed by atoms with van der Waals surface area (Å²) in [6.45, 7) is 3.70. The maximum Gasteiger partial charge on any atom is 0.422 e. The largest absolute Gasteiger partial charge is 0.484 e. The molecule has 0 aliphatic rings. The van der Waals surface area contributed by atoms with E-state index in [1.54, 1.807) is 32.9 Å². The van der Waals surface area contributed by atoms with Crippen LogP contribution in [0.4, 0.5) is 19.1 Å². The fourth-order valence-corrected chi connectivity index (χ4v) is 2.33. The Morgan fingerprint density at radius 3 is 2.41 bits per heavy atom. The summed E-state index contributed by atoms with van der Waals surface area (Å²) in [4.78, 5) is 32.1. The van der Waals surface area contributed by atoms with Gasteiger partial charge in [-0.1, -0.05) is 19.1 Å². The number of aromatic nitrogens is 2. The van der Waals surface area contributed by atoms with Crippen LogP contribution < -0.4 is 15.4 Å². The maximum absolute atomic E-state index is 12.5. The number of nitrogens with zero attached hydrogens (tertiary/aromatic N) is 2. The van der Waals surface area contributed by atoms with Crippen molar-refractivity contribution in [3.63, 3.8) is 0 Å². The maximum atomic E-state index is 12.5. The number of halogens is 3. The molecule has 0 saturated carbocycles. The molecular weight excluding hydrogens is 389 g/mol. The molecule has 2 N–H and O–H groups in total. The van der Waals surface area contributed by atoms with Gasteiger partial charge in [0.15, 0.2) is 6.61 Å². The average molecular weight is 410 g/mol. The van der Waals surface area contributed by atoms with Crippen LogP contribution in [0.15, 0.2) is 30.3 Å². The van der Waals surface area contributed by atoms with Crippen LogP contribution in [0, 0.1) is 6.92 Å². The summed E-state index contributed by atoms with van der Waals surface area (Å²) in [6.07, 6.45) is -4.16. The molecule has 1 aromatic carbocycles. The van der Waals surface area contributed by atoms with Gasteiger partial charge in [0.05, 0.1) is 6.04 Å². The number of hydrogen-bond donors (Lipinski definition) is 2. The molecule has 2 amide bonds. The van der Waals surface area contributed by atoms with E-state index in [0.717, 1.165) is 0 Å². The quantitative estimate of drug-likeness (QED) is 0.728. The van der Waals surface area contributed by atoms with Crippen molar-refractivity contribution in [1.29, 1.82) is 0 Å². The van der Waals surface area contributed by atoms with Crippen LogP contribution in [-0.2, 0) is 4.79 Å². The minimum absolute atomic E-state index is 0.0424. The first-order valence-corrected chi connectivity index (χ1v) is 8.83. The van der Waals surface area contributed by atoms with Crippen molar-refractivity contribution in [3.05, 3.63) is 47.3 Å². The summed E-state index contributed by atoms with van der Waals surface area (Å²) < 4.78 is 41.2. The van der Waals surface area contributed by atoms with Gasteiger partial charge in [0.1, 0.15) is 11.4 Å². The Morgan fingerprint density at radius 1 is 1.17 bits per heavy atom. The van der Waals surface area contributed by atoms with Gasteiger partial charge in [-0.25, -0.2) is 9.97 Å². The molecule has 0 radical (unpaired) electrons. The molecule has 156 valence electrons. The first-order valence-electron chi connectivity index (χ1n) is 8.83. The molecule has 7 nitrogen and oxygen atoms in total. The summed E-state index contributed by atoms with van der Waals surface area (Å²) in [5.74, 6) is -0.635. The fourth-order valence-electron chi connectivity index (χ4n) is 2.33. The van der Waals surface area contributed by atoms with Gasteiger partial charge in [-0.05, 0) is 37.6 Å². The number of hydrogen-bond acceptors (Lipinski definition) is 5. The average Bonchev–Trinajstić information content (AvgIpc) is 2.65. The SMILES string of the molecule is CCC(=O)Nc1nc(C)cc(C(=O)NC(C)c2ccc(OCC(F)(F)F)cc2)n1. The Labute approximate surface area is 165 Å². The summed E-state index contributed by atoms with van der Waals surface area (Å²) in [5, 5.41) is 5.25. The third kappa shape index (κ3) is 7.05. The minimum atomic E-state index is -4.41. The van der Waals surface area contributed by atoms with Crippen LogP contribution in [0.5, 0.6) is 5.75 Å². The zero-order chi connectivity index (χ0) is 21.6. The van der Waals surface area contributed by atoms with Crippen LogP contribution in [-0.4, -0.2) is 34.6 Å². The Bertz CT molecular complexity index is 870. The van der Waals surface area contributed by atoms with Gasteiger partial charge < -0.3 is 10.1 Å². The second kappa shape index (κ2) is 9.35.